The highest BCUT2D eigenvalue weighted by Gasteiger charge is 2.08. The number of hydrogen-bond donors (Lipinski definition) is 1. The summed E-state index contributed by atoms with van der Waals surface area (Å²) in [5, 5.41) is 9.79. The number of phenolic OH excluding ortho intramolecular Hbond substituents is 1. The van der Waals surface area contributed by atoms with Crippen molar-refractivity contribution < 1.29 is 9.52 Å². The first-order valence-corrected chi connectivity index (χ1v) is 6.12. The van der Waals surface area contributed by atoms with Gasteiger partial charge in [0.25, 0.3) is 0 Å². The Bertz CT molecular complexity index is 728. The van der Waals surface area contributed by atoms with E-state index in [2.05, 4.69) is 4.98 Å². The second kappa shape index (κ2) is 4.78. The molecule has 94 valence electrons. The van der Waals surface area contributed by atoms with Gasteiger partial charge in [-0.2, -0.15) is 0 Å². The van der Waals surface area contributed by atoms with Crippen LogP contribution in [0.2, 0.25) is 0 Å². The van der Waals surface area contributed by atoms with Crippen molar-refractivity contribution in [3.05, 3.63) is 60.0 Å². The Morgan fingerprint density at radius 3 is 2.79 bits per heavy atom. The molecule has 0 saturated heterocycles. The molecule has 0 spiro atoms. The molecule has 19 heavy (non-hydrogen) atoms. The van der Waals surface area contributed by atoms with Crippen molar-refractivity contribution in [2.45, 2.75) is 0 Å². The Hall–Kier alpha value is -2.26. The van der Waals surface area contributed by atoms with Crippen LogP contribution in [0.5, 0.6) is 5.75 Å². The predicted octanol–water partition coefficient (Wildman–Crippen LogP) is 4.27. The SMILES string of the molecule is Oc1cccc(/C=C(\Cl)c2nc3ccccc3o2)c1. The first-order valence-electron chi connectivity index (χ1n) is 5.74. The first kappa shape index (κ1) is 11.8. The Labute approximate surface area is 114 Å². The number of aromatic hydroxyl groups is 1. The maximum atomic E-state index is 9.40. The lowest BCUT2D eigenvalue weighted by Crippen LogP contribution is -1.77. The van der Waals surface area contributed by atoms with E-state index in [-0.39, 0.29) is 5.75 Å². The van der Waals surface area contributed by atoms with Crippen molar-refractivity contribution in [3.8, 4) is 5.75 Å². The second-order valence-electron chi connectivity index (χ2n) is 4.07. The van der Waals surface area contributed by atoms with E-state index in [1.165, 1.54) is 0 Å². The highest BCUT2D eigenvalue weighted by atomic mass is 35.5. The standard InChI is InChI=1S/C15H10ClNO2/c16-12(9-10-4-3-5-11(18)8-10)15-17-13-6-1-2-7-14(13)19-15/h1-9,18H/b12-9-. The van der Waals surface area contributed by atoms with E-state index in [0.717, 1.165) is 11.1 Å². The smallest absolute Gasteiger partial charge is 0.238 e. The molecule has 0 bridgehead atoms. The molecule has 3 aromatic rings. The molecular formula is C15H10ClNO2. The van der Waals surface area contributed by atoms with Gasteiger partial charge in [-0.15, -0.1) is 0 Å². The number of fused-ring (bicyclic) bond motifs is 1. The minimum atomic E-state index is 0.191. The zero-order valence-corrected chi connectivity index (χ0v) is 10.6. The Kier molecular flexibility index (Phi) is 2.97. The summed E-state index contributed by atoms with van der Waals surface area (Å²) in [6, 6.07) is 14.3. The van der Waals surface area contributed by atoms with Crippen molar-refractivity contribution in [1.29, 1.82) is 0 Å². The van der Waals surface area contributed by atoms with E-state index in [4.69, 9.17) is 16.0 Å². The number of rotatable bonds is 2. The van der Waals surface area contributed by atoms with Crippen molar-refractivity contribution in [1.82, 2.24) is 4.98 Å². The van der Waals surface area contributed by atoms with Gasteiger partial charge in [0, 0.05) is 0 Å². The van der Waals surface area contributed by atoms with Crippen molar-refractivity contribution in [3.63, 3.8) is 0 Å². The lowest BCUT2D eigenvalue weighted by atomic mass is 10.2. The minimum Gasteiger partial charge on any atom is -0.508 e. The molecule has 1 N–H and O–H groups in total. The highest BCUT2D eigenvalue weighted by molar-refractivity contribution is 6.50. The summed E-state index contributed by atoms with van der Waals surface area (Å²) in [4.78, 5) is 4.30. The molecule has 3 nitrogen and oxygen atoms in total. The van der Waals surface area contributed by atoms with Gasteiger partial charge in [-0.25, -0.2) is 4.98 Å². The summed E-state index contributed by atoms with van der Waals surface area (Å²) in [6.45, 7) is 0. The molecule has 0 aliphatic heterocycles. The largest absolute Gasteiger partial charge is 0.508 e. The number of para-hydroxylation sites is 2. The number of nitrogens with zero attached hydrogens (tertiary/aromatic N) is 1. The molecule has 2 aromatic carbocycles. The number of aromatic nitrogens is 1. The Morgan fingerprint density at radius 1 is 1.16 bits per heavy atom. The normalized spacial score (nSPS) is 11.9. The number of halogens is 1. The average Bonchev–Trinajstić information content (AvgIpc) is 2.82. The second-order valence-corrected chi connectivity index (χ2v) is 4.48. The van der Waals surface area contributed by atoms with Gasteiger partial charge in [-0.05, 0) is 35.9 Å². The summed E-state index contributed by atoms with van der Waals surface area (Å²) in [7, 11) is 0. The predicted molar refractivity (Wildman–Crippen MR) is 75.8 cm³/mol. The van der Waals surface area contributed by atoms with E-state index >= 15 is 0 Å². The van der Waals surface area contributed by atoms with E-state index in [1.54, 1.807) is 24.3 Å². The fourth-order valence-electron chi connectivity index (χ4n) is 1.80. The molecule has 0 radical (unpaired) electrons. The van der Waals surface area contributed by atoms with E-state index in [9.17, 15) is 5.11 Å². The van der Waals surface area contributed by atoms with Gasteiger partial charge in [0.15, 0.2) is 5.58 Å². The van der Waals surface area contributed by atoms with E-state index in [0.29, 0.717) is 16.5 Å². The molecule has 0 unspecified atom stereocenters. The van der Waals surface area contributed by atoms with Gasteiger partial charge in [0.05, 0.1) is 0 Å². The molecule has 0 amide bonds. The van der Waals surface area contributed by atoms with Crippen LogP contribution in [0.15, 0.2) is 52.9 Å². The number of oxazole rings is 1. The van der Waals surface area contributed by atoms with Crippen LogP contribution in [0, 0.1) is 0 Å². The minimum absolute atomic E-state index is 0.191. The summed E-state index contributed by atoms with van der Waals surface area (Å²) >= 11 is 6.19. The summed E-state index contributed by atoms with van der Waals surface area (Å²) in [5.41, 5.74) is 2.24. The van der Waals surface area contributed by atoms with Gasteiger partial charge < -0.3 is 9.52 Å². The molecule has 3 rings (SSSR count). The lowest BCUT2D eigenvalue weighted by molar-refractivity contribution is 0.475. The monoisotopic (exact) mass is 271 g/mol. The third-order valence-corrected chi connectivity index (χ3v) is 2.93. The zero-order valence-electron chi connectivity index (χ0n) is 9.88. The summed E-state index contributed by atoms with van der Waals surface area (Å²) in [5.74, 6) is 0.557. The quantitative estimate of drug-likeness (QED) is 0.757. The molecule has 0 fully saturated rings. The van der Waals surface area contributed by atoms with Gasteiger partial charge >= 0.3 is 0 Å². The van der Waals surface area contributed by atoms with Gasteiger partial charge in [-0.1, -0.05) is 35.9 Å². The van der Waals surface area contributed by atoms with E-state index in [1.807, 2.05) is 30.3 Å². The lowest BCUT2D eigenvalue weighted by Gasteiger charge is -1.96. The molecule has 0 aliphatic carbocycles. The zero-order chi connectivity index (χ0) is 13.2. The molecule has 0 aliphatic rings. The van der Waals surface area contributed by atoms with Gasteiger partial charge in [0.2, 0.25) is 5.89 Å². The van der Waals surface area contributed by atoms with Crippen molar-refractivity contribution in [2.75, 3.05) is 0 Å². The van der Waals surface area contributed by atoms with Crippen molar-refractivity contribution >= 4 is 33.8 Å². The third kappa shape index (κ3) is 2.46. The van der Waals surface area contributed by atoms with Crippen LogP contribution in [0.25, 0.3) is 22.2 Å². The van der Waals surface area contributed by atoms with Crippen LogP contribution >= 0.6 is 11.6 Å². The van der Waals surface area contributed by atoms with Crippen LogP contribution in [-0.4, -0.2) is 10.1 Å². The summed E-state index contributed by atoms with van der Waals surface area (Å²) < 4.78 is 5.56. The fourth-order valence-corrected chi connectivity index (χ4v) is 2.00. The maximum Gasteiger partial charge on any atom is 0.238 e. The summed E-state index contributed by atoms with van der Waals surface area (Å²) in [6.07, 6.45) is 1.70. The van der Waals surface area contributed by atoms with Gasteiger partial charge in [0.1, 0.15) is 16.3 Å². The van der Waals surface area contributed by atoms with E-state index < -0.39 is 0 Å². The molecule has 1 aromatic heterocycles. The van der Waals surface area contributed by atoms with Crippen LogP contribution in [0.3, 0.4) is 0 Å². The highest BCUT2D eigenvalue weighted by Crippen LogP contribution is 2.26. The molecule has 4 heteroatoms. The van der Waals surface area contributed by atoms with Gasteiger partial charge in [-0.3, -0.25) is 0 Å². The Morgan fingerprint density at radius 2 is 2.00 bits per heavy atom. The molecule has 1 heterocycles. The van der Waals surface area contributed by atoms with Crippen LogP contribution in [0.4, 0.5) is 0 Å². The van der Waals surface area contributed by atoms with Crippen LogP contribution in [-0.2, 0) is 0 Å². The van der Waals surface area contributed by atoms with Crippen LogP contribution in [0.1, 0.15) is 11.5 Å². The van der Waals surface area contributed by atoms with Crippen LogP contribution < -0.4 is 0 Å². The average molecular weight is 272 g/mol. The third-order valence-electron chi connectivity index (χ3n) is 2.66. The number of phenols is 1. The first-order chi connectivity index (χ1) is 9.22. The molecular weight excluding hydrogens is 262 g/mol. The fraction of sp³-hybridized carbons (Fsp3) is 0. The topological polar surface area (TPSA) is 46.3 Å². The van der Waals surface area contributed by atoms with Crippen molar-refractivity contribution in [2.24, 2.45) is 0 Å². The Balaban J connectivity index is 2.01. The number of benzene rings is 2. The maximum absolute atomic E-state index is 9.40. The molecule has 0 saturated carbocycles. The molecule has 0 atom stereocenters. The number of hydrogen-bond acceptors (Lipinski definition) is 3.